The molecule has 2 heterocycles. The molecule has 0 radical (unpaired) electrons. The predicted molar refractivity (Wildman–Crippen MR) is 119 cm³/mol. The maximum atomic E-state index is 12.1. The third kappa shape index (κ3) is 4.81. The molecule has 2 aromatic heterocycles. The number of para-hydroxylation sites is 1. The van der Waals surface area contributed by atoms with Crippen LogP contribution in [0.4, 0.5) is 5.69 Å². The van der Waals surface area contributed by atoms with E-state index in [1.165, 1.54) is 18.4 Å². The zero-order valence-corrected chi connectivity index (χ0v) is 17.0. The number of hydrogen-bond donors (Lipinski definition) is 2. The lowest BCUT2D eigenvalue weighted by molar-refractivity contribution is -0.122. The minimum absolute atomic E-state index is 0.0861. The van der Waals surface area contributed by atoms with E-state index in [0.717, 1.165) is 11.1 Å². The lowest BCUT2D eigenvalue weighted by Crippen LogP contribution is -2.26. The van der Waals surface area contributed by atoms with Gasteiger partial charge in [-0.2, -0.15) is 0 Å². The van der Waals surface area contributed by atoms with Gasteiger partial charge in [-0.25, -0.2) is 0 Å². The molecule has 0 aliphatic rings. The van der Waals surface area contributed by atoms with Crippen LogP contribution in [0, 0.1) is 0 Å². The summed E-state index contributed by atoms with van der Waals surface area (Å²) in [5, 5.41) is 21.5. The number of furan rings is 1. The average molecular weight is 428 g/mol. The van der Waals surface area contributed by atoms with Gasteiger partial charge in [-0.15, -0.1) is 10.2 Å². The summed E-state index contributed by atoms with van der Waals surface area (Å²) in [6, 6.07) is 20.4. The van der Waals surface area contributed by atoms with Crippen LogP contribution in [0.3, 0.4) is 0 Å². The molecule has 4 aromatic rings. The number of fused-ring (bicyclic) bond motifs is 1. The summed E-state index contributed by atoms with van der Waals surface area (Å²) >= 11 is 0. The third-order valence-electron chi connectivity index (χ3n) is 4.72. The molecule has 0 fully saturated rings. The zero-order valence-electron chi connectivity index (χ0n) is 17.0. The van der Waals surface area contributed by atoms with Crippen LogP contribution in [0.25, 0.3) is 17.0 Å². The maximum Gasteiger partial charge on any atom is 0.283 e. The number of carbonyl (C=O) groups excluding carboxylic acids is 2. The molecular weight excluding hydrogens is 408 g/mol. The number of carbonyl (C=O) groups is 2. The van der Waals surface area contributed by atoms with Crippen molar-refractivity contribution in [2.75, 3.05) is 6.54 Å². The summed E-state index contributed by atoms with van der Waals surface area (Å²) in [6.45, 7) is 0.114. The molecular formula is C24H20N4O4. The molecule has 4 rings (SSSR count). The van der Waals surface area contributed by atoms with Gasteiger partial charge in [-0.3, -0.25) is 9.59 Å². The lowest BCUT2D eigenvalue weighted by Gasteiger charge is -2.06. The molecule has 8 heteroatoms. The van der Waals surface area contributed by atoms with E-state index in [2.05, 4.69) is 15.5 Å². The van der Waals surface area contributed by atoms with Crippen molar-refractivity contribution in [2.24, 2.45) is 10.2 Å². The Labute approximate surface area is 183 Å². The first-order valence-corrected chi connectivity index (χ1v) is 9.90. The molecule has 0 bridgehead atoms. The van der Waals surface area contributed by atoms with Gasteiger partial charge >= 0.3 is 0 Å². The Balaban J connectivity index is 1.47. The quantitative estimate of drug-likeness (QED) is 0.335. The van der Waals surface area contributed by atoms with E-state index in [9.17, 15) is 14.7 Å². The van der Waals surface area contributed by atoms with Crippen molar-refractivity contribution in [3.8, 4) is 5.88 Å². The second kappa shape index (κ2) is 9.57. The van der Waals surface area contributed by atoms with Crippen LogP contribution >= 0.6 is 0 Å². The third-order valence-corrected chi connectivity index (χ3v) is 4.72. The van der Waals surface area contributed by atoms with Crippen molar-refractivity contribution in [1.82, 2.24) is 9.88 Å². The van der Waals surface area contributed by atoms with E-state index in [1.807, 2.05) is 48.5 Å². The molecule has 0 aliphatic carbocycles. The largest absolute Gasteiger partial charge is 0.493 e. The number of hydrogen-bond acceptors (Lipinski definition) is 5. The van der Waals surface area contributed by atoms with Crippen LogP contribution in [-0.2, 0) is 16.1 Å². The second-order valence-corrected chi connectivity index (χ2v) is 6.92. The fraction of sp³-hybridized carbons (Fsp3) is 0.0833. The van der Waals surface area contributed by atoms with Crippen molar-refractivity contribution in [2.45, 2.75) is 6.54 Å². The van der Waals surface area contributed by atoms with Gasteiger partial charge in [-0.1, -0.05) is 48.5 Å². The Morgan fingerprint density at radius 2 is 1.81 bits per heavy atom. The predicted octanol–water partition coefficient (Wildman–Crippen LogP) is 4.43. The smallest absolute Gasteiger partial charge is 0.283 e. The van der Waals surface area contributed by atoms with Crippen LogP contribution in [-0.4, -0.2) is 28.0 Å². The van der Waals surface area contributed by atoms with Gasteiger partial charge in [0.15, 0.2) is 5.69 Å². The first-order chi connectivity index (χ1) is 15.6. The monoisotopic (exact) mass is 428 g/mol. The Hall–Kier alpha value is -4.46. The van der Waals surface area contributed by atoms with Gasteiger partial charge in [0, 0.05) is 11.5 Å². The number of nitrogens with one attached hydrogen (secondary N) is 1. The molecule has 160 valence electrons. The van der Waals surface area contributed by atoms with Gasteiger partial charge < -0.3 is 19.4 Å². The molecule has 0 saturated heterocycles. The topological polar surface area (TPSA) is 109 Å². The molecule has 2 aromatic carbocycles. The Kier molecular flexibility index (Phi) is 6.22. The molecule has 32 heavy (non-hydrogen) atoms. The summed E-state index contributed by atoms with van der Waals surface area (Å²) < 4.78 is 6.80. The highest BCUT2D eigenvalue weighted by Crippen LogP contribution is 2.39. The molecule has 2 amide bonds. The van der Waals surface area contributed by atoms with E-state index in [0.29, 0.717) is 17.7 Å². The second-order valence-electron chi connectivity index (χ2n) is 6.92. The average Bonchev–Trinajstić information content (AvgIpc) is 3.43. The van der Waals surface area contributed by atoms with Crippen LogP contribution in [0.15, 0.2) is 93.7 Å². The highest BCUT2D eigenvalue weighted by Gasteiger charge is 2.17. The summed E-state index contributed by atoms with van der Waals surface area (Å²) in [4.78, 5) is 23.9. The minimum atomic E-state index is -0.649. The highest BCUT2D eigenvalue weighted by atomic mass is 16.3. The molecule has 0 aliphatic heterocycles. The van der Waals surface area contributed by atoms with Crippen LogP contribution < -0.4 is 5.32 Å². The van der Waals surface area contributed by atoms with Gasteiger partial charge in [-0.05, 0) is 29.8 Å². The molecule has 0 spiro atoms. The van der Waals surface area contributed by atoms with E-state index in [4.69, 9.17) is 4.42 Å². The van der Waals surface area contributed by atoms with Gasteiger partial charge in [0.2, 0.25) is 11.8 Å². The van der Waals surface area contributed by atoms with Crippen LogP contribution in [0.1, 0.15) is 11.3 Å². The minimum Gasteiger partial charge on any atom is -0.493 e. The Bertz CT molecular complexity index is 1290. The molecule has 0 atom stereocenters. The Morgan fingerprint density at radius 3 is 2.59 bits per heavy atom. The standard InChI is InChI=1S/C24H20N4O4/c29-21(13-12-18-9-6-14-32-18)25-15-22(30)26-27-23-19-10-4-5-11-20(19)28(24(23)31)16-17-7-2-1-3-8-17/h1-14,31H,15-16H2,(H,25,29)/b13-12+,27-26?. The van der Waals surface area contributed by atoms with Gasteiger partial charge in [0.25, 0.3) is 5.91 Å². The van der Waals surface area contributed by atoms with E-state index < -0.39 is 11.8 Å². The summed E-state index contributed by atoms with van der Waals surface area (Å²) in [6.07, 6.45) is 4.24. The van der Waals surface area contributed by atoms with Crippen molar-refractivity contribution in [3.63, 3.8) is 0 Å². The number of azo groups is 1. The number of nitrogens with zero attached hydrogens (tertiary/aromatic N) is 3. The summed E-state index contributed by atoms with van der Waals surface area (Å²) in [5.74, 6) is -0.679. The number of benzene rings is 2. The van der Waals surface area contributed by atoms with Gasteiger partial charge in [0.05, 0.1) is 18.3 Å². The van der Waals surface area contributed by atoms with Gasteiger partial charge in [0.1, 0.15) is 12.3 Å². The van der Waals surface area contributed by atoms with Crippen LogP contribution in [0.5, 0.6) is 5.88 Å². The van der Waals surface area contributed by atoms with E-state index in [-0.39, 0.29) is 18.1 Å². The zero-order chi connectivity index (χ0) is 22.3. The number of aromatic hydroxyl groups is 1. The van der Waals surface area contributed by atoms with Crippen molar-refractivity contribution < 1.29 is 19.1 Å². The SMILES string of the molecule is O=C(CNC(=O)/C=C/c1ccco1)N=Nc1c(O)n(Cc2ccccc2)c2ccccc12. The maximum absolute atomic E-state index is 12.1. The summed E-state index contributed by atoms with van der Waals surface area (Å²) in [7, 11) is 0. The number of rotatable bonds is 7. The van der Waals surface area contributed by atoms with Crippen LogP contribution in [0.2, 0.25) is 0 Å². The van der Waals surface area contributed by atoms with Crippen molar-refractivity contribution in [3.05, 3.63) is 90.4 Å². The fourth-order valence-electron chi connectivity index (χ4n) is 3.20. The molecule has 8 nitrogen and oxygen atoms in total. The Morgan fingerprint density at radius 1 is 1.03 bits per heavy atom. The molecule has 2 N–H and O–H groups in total. The normalized spacial score (nSPS) is 11.5. The van der Waals surface area contributed by atoms with E-state index >= 15 is 0 Å². The number of aromatic nitrogens is 1. The van der Waals surface area contributed by atoms with Crippen molar-refractivity contribution in [1.29, 1.82) is 0 Å². The molecule has 0 unspecified atom stereocenters. The first kappa shape index (κ1) is 20.8. The van der Waals surface area contributed by atoms with Crippen molar-refractivity contribution >= 4 is 34.5 Å². The number of amides is 2. The lowest BCUT2D eigenvalue weighted by atomic mass is 10.2. The summed E-state index contributed by atoms with van der Waals surface area (Å²) in [5.41, 5.74) is 1.98. The fourth-order valence-corrected chi connectivity index (χ4v) is 3.20. The first-order valence-electron chi connectivity index (χ1n) is 9.90. The highest BCUT2D eigenvalue weighted by molar-refractivity contribution is 5.96. The molecule has 0 saturated carbocycles. The van der Waals surface area contributed by atoms with E-state index in [1.54, 1.807) is 22.8 Å².